The molecule has 2 nitrogen and oxygen atoms in total. The summed E-state index contributed by atoms with van der Waals surface area (Å²) in [4.78, 5) is 0. The highest BCUT2D eigenvalue weighted by atomic mass is 35.5. The molecule has 1 saturated carbocycles. The first kappa shape index (κ1) is 10.0. The minimum atomic E-state index is 0.666. The van der Waals surface area contributed by atoms with E-state index in [1.54, 1.807) is 0 Å². The average Bonchev–Trinajstić information content (AvgIpc) is 2.85. The maximum absolute atomic E-state index is 5.66. The number of nitrogens with zero attached hydrogens (tertiary/aromatic N) is 2. The van der Waals surface area contributed by atoms with Gasteiger partial charge in [0.15, 0.2) is 0 Å². The normalized spacial score (nSPS) is 17.8. The second kappa shape index (κ2) is 4.83. The van der Waals surface area contributed by atoms with E-state index >= 15 is 0 Å². The summed E-state index contributed by atoms with van der Waals surface area (Å²) in [6, 6.07) is 0.666. The molecular weight excluding hydrogens is 196 g/mol. The second-order valence-corrected chi connectivity index (χ2v) is 4.44. The Morgan fingerprint density at radius 2 is 2.21 bits per heavy atom. The topological polar surface area (TPSA) is 17.8 Å². The molecule has 0 aliphatic heterocycles. The largest absolute Gasteiger partial charge is 0.269 e. The molecule has 78 valence electrons. The van der Waals surface area contributed by atoms with Gasteiger partial charge in [0.2, 0.25) is 0 Å². The molecule has 1 aliphatic carbocycles. The smallest absolute Gasteiger partial charge is 0.0521 e. The molecule has 1 aliphatic rings. The van der Waals surface area contributed by atoms with Crippen molar-refractivity contribution in [3.63, 3.8) is 0 Å². The van der Waals surface area contributed by atoms with Crippen molar-refractivity contribution in [2.24, 2.45) is 0 Å². The number of aromatic nitrogens is 2. The van der Waals surface area contributed by atoms with E-state index in [1.807, 2.05) is 6.20 Å². The van der Waals surface area contributed by atoms with E-state index in [-0.39, 0.29) is 0 Å². The van der Waals surface area contributed by atoms with Gasteiger partial charge < -0.3 is 0 Å². The molecule has 0 atom stereocenters. The third-order valence-corrected chi connectivity index (χ3v) is 3.22. The maximum atomic E-state index is 5.66. The summed E-state index contributed by atoms with van der Waals surface area (Å²) in [7, 11) is 0. The van der Waals surface area contributed by atoms with E-state index in [9.17, 15) is 0 Å². The monoisotopic (exact) mass is 212 g/mol. The van der Waals surface area contributed by atoms with Crippen LogP contribution in [0.2, 0.25) is 0 Å². The zero-order valence-corrected chi connectivity index (χ0v) is 9.21. The molecule has 1 heterocycles. The van der Waals surface area contributed by atoms with Crippen LogP contribution in [0.5, 0.6) is 0 Å². The van der Waals surface area contributed by atoms with Gasteiger partial charge in [0.1, 0.15) is 0 Å². The van der Waals surface area contributed by atoms with Gasteiger partial charge in [-0.3, -0.25) is 4.68 Å². The van der Waals surface area contributed by atoms with Gasteiger partial charge in [0.25, 0.3) is 0 Å². The molecule has 0 aromatic carbocycles. The summed E-state index contributed by atoms with van der Waals surface area (Å²) < 4.78 is 2.15. The molecule has 0 unspecified atom stereocenters. The molecule has 1 aromatic rings. The Hall–Kier alpha value is -0.500. The first-order valence-corrected chi connectivity index (χ1v) is 6.02. The van der Waals surface area contributed by atoms with Crippen LogP contribution >= 0.6 is 11.6 Å². The second-order valence-electron chi connectivity index (χ2n) is 4.06. The molecular formula is C11H17ClN2. The Morgan fingerprint density at radius 1 is 1.43 bits per heavy atom. The van der Waals surface area contributed by atoms with Crippen LogP contribution in [0.3, 0.4) is 0 Å². The fraction of sp³-hybridized carbons (Fsp3) is 0.727. The summed E-state index contributed by atoms with van der Waals surface area (Å²) in [6.07, 6.45) is 11.6. The van der Waals surface area contributed by atoms with Crippen LogP contribution in [-0.4, -0.2) is 15.7 Å². The molecule has 1 aromatic heterocycles. The van der Waals surface area contributed by atoms with Gasteiger partial charge in [0.05, 0.1) is 12.2 Å². The molecule has 0 spiro atoms. The zero-order valence-electron chi connectivity index (χ0n) is 8.45. The van der Waals surface area contributed by atoms with Crippen molar-refractivity contribution in [3.05, 3.63) is 18.0 Å². The van der Waals surface area contributed by atoms with Gasteiger partial charge in [-0.1, -0.05) is 12.8 Å². The van der Waals surface area contributed by atoms with E-state index in [2.05, 4.69) is 16.0 Å². The van der Waals surface area contributed by atoms with Gasteiger partial charge in [-0.25, -0.2) is 0 Å². The van der Waals surface area contributed by atoms with E-state index in [1.165, 1.54) is 31.2 Å². The van der Waals surface area contributed by atoms with Crippen molar-refractivity contribution < 1.29 is 0 Å². The fourth-order valence-corrected chi connectivity index (χ4v) is 2.28. The Morgan fingerprint density at radius 3 is 2.93 bits per heavy atom. The van der Waals surface area contributed by atoms with Crippen molar-refractivity contribution in [1.82, 2.24) is 9.78 Å². The third-order valence-electron chi connectivity index (χ3n) is 2.95. The first-order valence-electron chi connectivity index (χ1n) is 5.49. The number of hydrogen-bond acceptors (Lipinski definition) is 1. The number of alkyl halides is 1. The molecule has 0 bridgehead atoms. The van der Waals surface area contributed by atoms with Crippen LogP contribution in [0, 0.1) is 0 Å². The minimum absolute atomic E-state index is 0.666. The summed E-state index contributed by atoms with van der Waals surface area (Å²) >= 11 is 5.66. The Bertz CT molecular complexity index is 277. The lowest BCUT2D eigenvalue weighted by atomic mass is 10.2. The van der Waals surface area contributed by atoms with Gasteiger partial charge >= 0.3 is 0 Å². The van der Waals surface area contributed by atoms with Gasteiger partial charge in [-0.15, -0.1) is 11.6 Å². The van der Waals surface area contributed by atoms with Crippen molar-refractivity contribution in [2.75, 3.05) is 5.88 Å². The van der Waals surface area contributed by atoms with Gasteiger partial charge in [-0.2, -0.15) is 5.10 Å². The van der Waals surface area contributed by atoms with Gasteiger partial charge in [-0.05, 0) is 31.2 Å². The zero-order chi connectivity index (χ0) is 9.80. The third kappa shape index (κ3) is 2.30. The van der Waals surface area contributed by atoms with Crippen molar-refractivity contribution in [3.8, 4) is 0 Å². The first-order chi connectivity index (χ1) is 6.90. The average molecular weight is 213 g/mol. The van der Waals surface area contributed by atoms with Crippen LogP contribution in [-0.2, 0) is 6.42 Å². The van der Waals surface area contributed by atoms with E-state index in [0.717, 1.165) is 18.7 Å². The van der Waals surface area contributed by atoms with Crippen molar-refractivity contribution in [1.29, 1.82) is 0 Å². The summed E-state index contributed by atoms with van der Waals surface area (Å²) in [5.41, 5.74) is 1.33. The molecule has 0 radical (unpaired) electrons. The van der Waals surface area contributed by atoms with Crippen LogP contribution in [0.15, 0.2) is 12.4 Å². The molecule has 0 N–H and O–H groups in total. The number of aryl methyl sites for hydroxylation is 1. The fourth-order valence-electron chi connectivity index (χ4n) is 2.15. The molecule has 2 rings (SSSR count). The summed E-state index contributed by atoms with van der Waals surface area (Å²) in [5.74, 6) is 0.745. The minimum Gasteiger partial charge on any atom is -0.269 e. The number of halogens is 1. The summed E-state index contributed by atoms with van der Waals surface area (Å²) in [5, 5.41) is 4.42. The van der Waals surface area contributed by atoms with Crippen molar-refractivity contribution in [2.45, 2.75) is 44.6 Å². The van der Waals surface area contributed by atoms with Gasteiger partial charge in [0, 0.05) is 12.1 Å². The van der Waals surface area contributed by atoms with Crippen molar-refractivity contribution >= 4 is 11.6 Å². The van der Waals surface area contributed by atoms with Crippen LogP contribution in [0.1, 0.15) is 43.7 Å². The Labute approximate surface area is 90.3 Å². The molecule has 3 heteroatoms. The SMILES string of the molecule is ClCCCc1cnn(C2CCCC2)c1. The van der Waals surface area contributed by atoms with E-state index in [0.29, 0.717) is 6.04 Å². The summed E-state index contributed by atoms with van der Waals surface area (Å²) in [6.45, 7) is 0. The number of rotatable bonds is 4. The van der Waals surface area contributed by atoms with E-state index in [4.69, 9.17) is 11.6 Å². The standard InChI is InChI=1S/C11H17ClN2/c12-7-3-4-10-8-13-14(9-10)11-5-1-2-6-11/h8-9,11H,1-7H2. The Kier molecular flexibility index (Phi) is 3.46. The highest BCUT2D eigenvalue weighted by molar-refractivity contribution is 6.17. The lowest BCUT2D eigenvalue weighted by Gasteiger charge is -2.08. The lowest BCUT2D eigenvalue weighted by Crippen LogP contribution is -2.04. The Balaban J connectivity index is 1.94. The molecule has 0 saturated heterocycles. The maximum Gasteiger partial charge on any atom is 0.0521 e. The number of hydrogen-bond donors (Lipinski definition) is 0. The highest BCUT2D eigenvalue weighted by Crippen LogP contribution is 2.28. The van der Waals surface area contributed by atoms with Crippen LogP contribution < -0.4 is 0 Å². The predicted molar refractivity (Wildman–Crippen MR) is 58.8 cm³/mol. The van der Waals surface area contributed by atoms with Crippen LogP contribution in [0.25, 0.3) is 0 Å². The van der Waals surface area contributed by atoms with E-state index < -0.39 is 0 Å². The van der Waals surface area contributed by atoms with Crippen LogP contribution in [0.4, 0.5) is 0 Å². The predicted octanol–water partition coefficient (Wildman–Crippen LogP) is 3.17. The lowest BCUT2D eigenvalue weighted by molar-refractivity contribution is 0.466. The quantitative estimate of drug-likeness (QED) is 0.702. The highest BCUT2D eigenvalue weighted by Gasteiger charge is 2.17. The molecule has 1 fully saturated rings. The molecule has 0 amide bonds. The molecule has 14 heavy (non-hydrogen) atoms.